The van der Waals surface area contributed by atoms with Crippen LogP contribution in [0.1, 0.15) is 28.4 Å². The molecule has 1 unspecified atom stereocenters. The second kappa shape index (κ2) is 5.90. The van der Waals surface area contributed by atoms with Crippen molar-refractivity contribution in [3.05, 3.63) is 69.2 Å². The quantitative estimate of drug-likeness (QED) is 0.883. The lowest BCUT2D eigenvalue weighted by Crippen LogP contribution is -2.08. The Morgan fingerprint density at radius 2 is 1.85 bits per heavy atom. The molecule has 0 saturated heterocycles. The molecule has 1 nitrogen and oxygen atoms in total. The smallest absolute Gasteiger partial charge is 0.129 e. The van der Waals surface area contributed by atoms with Crippen LogP contribution in [0.25, 0.3) is 0 Å². The van der Waals surface area contributed by atoms with Gasteiger partial charge in [0.2, 0.25) is 0 Å². The fraction of sp³-hybridized carbons (Fsp3) is 0.250. The number of aryl methyl sites for hydroxylation is 2. The van der Waals surface area contributed by atoms with Crippen LogP contribution >= 0.6 is 11.6 Å². The molecular formula is C16H15ClF2O. The number of benzene rings is 2. The van der Waals surface area contributed by atoms with Crippen molar-refractivity contribution in [2.45, 2.75) is 26.4 Å². The summed E-state index contributed by atoms with van der Waals surface area (Å²) in [5.41, 5.74) is 1.80. The first kappa shape index (κ1) is 14.9. The Hall–Kier alpha value is -1.45. The number of aliphatic hydroxyl groups is 1. The Morgan fingerprint density at radius 1 is 1.15 bits per heavy atom. The average molecular weight is 297 g/mol. The minimum atomic E-state index is -1.13. The van der Waals surface area contributed by atoms with Crippen LogP contribution in [0.4, 0.5) is 8.78 Å². The minimum absolute atomic E-state index is 0.0632. The van der Waals surface area contributed by atoms with Crippen LogP contribution < -0.4 is 0 Å². The normalized spacial score (nSPS) is 12.5. The first-order chi connectivity index (χ1) is 9.40. The summed E-state index contributed by atoms with van der Waals surface area (Å²) in [6, 6.07) is 7.45. The van der Waals surface area contributed by atoms with Crippen LogP contribution in [0.5, 0.6) is 0 Å². The molecule has 0 aliphatic rings. The van der Waals surface area contributed by atoms with Crippen LogP contribution in [-0.4, -0.2) is 5.11 Å². The van der Waals surface area contributed by atoms with Crippen LogP contribution in [0.2, 0.25) is 5.02 Å². The van der Waals surface area contributed by atoms with Crippen molar-refractivity contribution in [2.75, 3.05) is 0 Å². The van der Waals surface area contributed by atoms with Crippen molar-refractivity contribution in [3.8, 4) is 0 Å². The molecule has 0 fully saturated rings. The summed E-state index contributed by atoms with van der Waals surface area (Å²) in [6.07, 6.45) is -1.20. The van der Waals surface area contributed by atoms with Crippen LogP contribution in [0.15, 0.2) is 30.3 Å². The van der Waals surface area contributed by atoms with Crippen molar-refractivity contribution in [1.82, 2.24) is 0 Å². The van der Waals surface area contributed by atoms with Crippen molar-refractivity contribution < 1.29 is 13.9 Å². The topological polar surface area (TPSA) is 20.2 Å². The predicted molar refractivity (Wildman–Crippen MR) is 75.9 cm³/mol. The van der Waals surface area contributed by atoms with Gasteiger partial charge in [0.05, 0.1) is 6.10 Å². The Morgan fingerprint density at radius 3 is 2.45 bits per heavy atom. The van der Waals surface area contributed by atoms with E-state index in [9.17, 15) is 13.9 Å². The van der Waals surface area contributed by atoms with E-state index >= 15 is 0 Å². The van der Waals surface area contributed by atoms with Crippen molar-refractivity contribution in [1.29, 1.82) is 0 Å². The molecule has 106 valence electrons. The maximum atomic E-state index is 14.0. The zero-order valence-electron chi connectivity index (χ0n) is 11.3. The molecule has 20 heavy (non-hydrogen) atoms. The van der Waals surface area contributed by atoms with Gasteiger partial charge in [-0.1, -0.05) is 23.7 Å². The fourth-order valence-electron chi connectivity index (χ4n) is 2.37. The summed E-state index contributed by atoms with van der Waals surface area (Å²) in [7, 11) is 0. The van der Waals surface area contributed by atoms with Crippen LogP contribution in [0.3, 0.4) is 0 Å². The van der Waals surface area contributed by atoms with E-state index in [1.54, 1.807) is 26.0 Å². The molecule has 0 aromatic heterocycles. The van der Waals surface area contributed by atoms with E-state index in [-0.39, 0.29) is 22.6 Å². The van der Waals surface area contributed by atoms with Gasteiger partial charge in [0.1, 0.15) is 11.6 Å². The first-order valence-electron chi connectivity index (χ1n) is 6.27. The third kappa shape index (κ3) is 3.00. The summed E-state index contributed by atoms with van der Waals surface area (Å²) in [5.74, 6) is -0.982. The van der Waals surface area contributed by atoms with Gasteiger partial charge in [-0.2, -0.15) is 0 Å². The first-order valence-corrected chi connectivity index (χ1v) is 6.65. The Balaban J connectivity index is 2.36. The number of hydrogen-bond donors (Lipinski definition) is 1. The number of halogens is 3. The highest BCUT2D eigenvalue weighted by Crippen LogP contribution is 2.29. The molecule has 1 atom stereocenters. The summed E-state index contributed by atoms with van der Waals surface area (Å²) in [6.45, 7) is 3.50. The lowest BCUT2D eigenvalue weighted by molar-refractivity contribution is 0.171. The van der Waals surface area contributed by atoms with Gasteiger partial charge >= 0.3 is 0 Å². The molecule has 2 aromatic rings. The van der Waals surface area contributed by atoms with E-state index in [0.717, 1.165) is 5.56 Å². The average Bonchev–Trinajstić information content (AvgIpc) is 2.32. The molecule has 0 saturated carbocycles. The second-order valence-electron chi connectivity index (χ2n) is 4.90. The molecular weight excluding hydrogens is 282 g/mol. The maximum absolute atomic E-state index is 14.0. The summed E-state index contributed by atoms with van der Waals surface area (Å²) >= 11 is 5.92. The molecule has 0 aliphatic heterocycles. The molecule has 4 heteroatoms. The largest absolute Gasteiger partial charge is 0.388 e. The zero-order valence-corrected chi connectivity index (χ0v) is 12.0. The Labute approximate surface area is 121 Å². The summed E-state index contributed by atoms with van der Waals surface area (Å²) in [5, 5.41) is 10.4. The molecule has 0 amide bonds. The second-order valence-corrected chi connectivity index (χ2v) is 5.30. The maximum Gasteiger partial charge on any atom is 0.129 e. The monoisotopic (exact) mass is 296 g/mol. The van der Waals surface area contributed by atoms with Crippen LogP contribution in [-0.2, 0) is 6.42 Å². The number of hydrogen-bond acceptors (Lipinski definition) is 1. The molecule has 2 aromatic carbocycles. The molecule has 0 spiro atoms. The minimum Gasteiger partial charge on any atom is -0.388 e. The van der Waals surface area contributed by atoms with E-state index in [1.165, 1.54) is 18.2 Å². The number of rotatable bonds is 3. The highest BCUT2D eigenvalue weighted by molar-refractivity contribution is 6.31. The Bertz CT molecular complexity index is 597. The molecule has 0 bridgehead atoms. The highest BCUT2D eigenvalue weighted by Gasteiger charge is 2.19. The van der Waals surface area contributed by atoms with Gasteiger partial charge in [0.25, 0.3) is 0 Å². The van der Waals surface area contributed by atoms with Gasteiger partial charge in [-0.3, -0.25) is 0 Å². The van der Waals surface area contributed by atoms with Gasteiger partial charge < -0.3 is 5.11 Å². The van der Waals surface area contributed by atoms with Gasteiger partial charge in [-0.25, -0.2) is 8.78 Å². The highest BCUT2D eigenvalue weighted by atomic mass is 35.5. The van der Waals surface area contributed by atoms with Gasteiger partial charge in [0.15, 0.2) is 0 Å². The van der Waals surface area contributed by atoms with Crippen molar-refractivity contribution in [2.24, 2.45) is 0 Å². The van der Waals surface area contributed by atoms with E-state index < -0.39 is 17.7 Å². The Kier molecular flexibility index (Phi) is 4.41. The van der Waals surface area contributed by atoms with Gasteiger partial charge in [-0.15, -0.1) is 0 Å². The molecule has 0 heterocycles. The van der Waals surface area contributed by atoms with Gasteiger partial charge in [-0.05, 0) is 43.2 Å². The van der Waals surface area contributed by atoms with E-state index in [2.05, 4.69) is 0 Å². The third-order valence-electron chi connectivity index (χ3n) is 3.27. The van der Waals surface area contributed by atoms with E-state index in [1.807, 2.05) is 0 Å². The summed E-state index contributed by atoms with van der Waals surface area (Å²) < 4.78 is 27.7. The molecule has 0 aliphatic carbocycles. The predicted octanol–water partition coefficient (Wildman–Crippen LogP) is 4.51. The lowest BCUT2D eigenvalue weighted by atomic mass is 9.95. The molecule has 0 radical (unpaired) electrons. The van der Waals surface area contributed by atoms with E-state index in [4.69, 9.17) is 11.6 Å². The van der Waals surface area contributed by atoms with E-state index in [0.29, 0.717) is 5.56 Å². The van der Waals surface area contributed by atoms with Crippen molar-refractivity contribution >= 4 is 11.6 Å². The molecule has 2 rings (SSSR count). The van der Waals surface area contributed by atoms with Gasteiger partial charge in [0, 0.05) is 22.6 Å². The standard InChI is InChI=1S/C16H15ClF2O/c1-9-6-10(2)16(14(19)7-9)15(20)8-11-12(17)4-3-5-13(11)18/h3-7,15,20H,8H2,1-2H3. The van der Waals surface area contributed by atoms with Crippen molar-refractivity contribution in [3.63, 3.8) is 0 Å². The SMILES string of the molecule is Cc1cc(C)c(C(O)Cc2c(F)cccc2Cl)c(F)c1. The molecule has 1 N–H and O–H groups in total. The number of aliphatic hydroxyl groups excluding tert-OH is 1. The lowest BCUT2D eigenvalue weighted by Gasteiger charge is -2.16. The fourth-order valence-corrected chi connectivity index (χ4v) is 2.61. The summed E-state index contributed by atoms with van der Waals surface area (Å²) in [4.78, 5) is 0. The van der Waals surface area contributed by atoms with Crippen LogP contribution in [0, 0.1) is 25.5 Å². The zero-order chi connectivity index (χ0) is 14.9. The third-order valence-corrected chi connectivity index (χ3v) is 3.63.